The largest absolute Gasteiger partial charge is 0.444 e. The molecular weight excluding hydrogens is 254 g/mol. The molecule has 0 bridgehead atoms. The minimum Gasteiger partial charge on any atom is -0.444 e. The van der Waals surface area contributed by atoms with Gasteiger partial charge in [-0.3, -0.25) is 9.88 Å². The van der Waals surface area contributed by atoms with Crippen molar-refractivity contribution in [3.05, 3.63) is 30.1 Å². The van der Waals surface area contributed by atoms with Crippen LogP contribution in [-0.4, -0.2) is 40.7 Å². The lowest BCUT2D eigenvalue weighted by Crippen LogP contribution is -2.40. The molecule has 1 aliphatic rings. The summed E-state index contributed by atoms with van der Waals surface area (Å²) in [6.07, 6.45) is 4.29. The molecule has 20 heavy (non-hydrogen) atoms. The van der Waals surface area contributed by atoms with Crippen molar-refractivity contribution in [1.29, 1.82) is 0 Å². The molecule has 0 aliphatic carbocycles. The molecule has 2 heterocycles. The van der Waals surface area contributed by atoms with E-state index in [1.807, 2.05) is 33.0 Å². The van der Waals surface area contributed by atoms with Gasteiger partial charge in [0, 0.05) is 38.1 Å². The van der Waals surface area contributed by atoms with Crippen LogP contribution in [0.5, 0.6) is 0 Å². The van der Waals surface area contributed by atoms with E-state index in [1.165, 1.54) is 5.56 Å². The standard InChI is InChI=1S/C15H23N3O2/c1-15(2,3)20-14(19)17-13-6-8-18(11-13)10-12-5-4-7-16-9-12/h4-5,7,9,13H,6,8,10-11H2,1-3H3,(H,17,19)/t13-/m0/s1. The normalized spacial score (nSPS) is 19.9. The highest BCUT2D eigenvalue weighted by Crippen LogP contribution is 2.14. The Morgan fingerprint density at radius 3 is 3.00 bits per heavy atom. The van der Waals surface area contributed by atoms with Crippen LogP contribution in [0.4, 0.5) is 4.79 Å². The van der Waals surface area contributed by atoms with Crippen LogP contribution in [0.1, 0.15) is 32.8 Å². The van der Waals surface area contributed by atoms with Gasteiger partial charge in [-0.15, -0.1) is 0 Å². The summed E-state index contributed by atoms with van der Waals surface area (Å²) in [6, 6.07) is 4.19. The van der Waals surface area contributed by atoms with Gasteiger partial charge in [-0.2, -0.15) is 0 Å². The van der Waals surface area contributed by atoms with Crippen LogP contribution in [0.15, 0.2) is 24.5 Å². The van der Waals surface area contributed by atoms with Crippen molar-refractivity contribution in [2.75, 3.05) is 13.1 Å². The predicted octanol–water partition coefficient (Wildman–Crippen LogP) is 2.18. The molecule has 5 nitrogen and oxygen atoms in total. The van der Waals surface area contributed by atoms with Crippen molar-refractivity contribution in [2.24, 2.45) is 0 Å². The monoisotopic (exact) mass is 277 g/mol. The summed E-state index contributed by atoms with van der Waals surface area (Å²) in [7, 11) is 0. The van der Waals surface area contributed by atoms with Crippen LogP contribution in [0.25, 0.3) is 0 Å². The Balaban J connectivity index is 1.77. The number of pyridine rings is 1. The molecule has 0 unspecified atom stereocenters. The van der Waals surface area contributed by atoms with Gasteiger partial charge in [-0.25, -0.2) is 4.79 Å². The van der Waals surface area contributed by atoms with Crippen molar-refractivity contribution in [2.45, 2.75) is 45.4 Å². The molecule has 2 rings (SSSR count). The number of rotatable bonds is 3. The smallest absolute Gasteiger partial charge is 0.407 e. The first-order valence-electron chi connectivity index (χ1n) is 7.03. The Hall–Kier alpha value is -1.62. The van der Waals surface area contributed by atoms with Gasteiger partial charge in [-0.05, 0) is 38.8 Å². The summed E-state index contributed by atoms with van der Waals surface area (Å²) in [5.41, 5.74) is 0.753. The first-order valence-corrected chi connectivity index (χ1v) is 7.03. The average Bonchev–Trinajstić information content (AvgIpc) is 2.75. The third-order valence-corrected chi connectivity index (χ3v) is 3.12. The molecule has 0 aromatic carbocycles. The molecule has 1 N–H and O–H groups in total. The number of nitrogens with one attached hydrogen (secondary N) is 1. The number of alkyl carbamates (subject to hydrolysis) is 1. The summed E-state index contributed by atoms with van der Waals surface area (Å²) >= 11 is 0. The van der Waals surface area contributed by atoms with Crippen molar-refractivity contribution in [1.82, 2.24) is 15.2 Å². The first-order chi connectivity index (χ1) is 9.42. The number of carbonyl (C=O) groups is 1. The lowest BCUT2D eigenvalue weighted by atomic mass is 10.2. The van der Waals surface area contributed by atoms with Crippen molar-refractivity contribution < 1.29 is 9.53 Å². The zero-order valence-corrected chi connectivity index (χ0v) is 12.4. The number of nitrogens with zero attached hydrogens (tertiary/aromatic N) is 2. The third kappa shape index (κ3) is 4.81. The van der Waals surface area contributed by atoms with Crippen LogP contribution in [0.3, 0.4) is 0 Å². The molecule has 0 radical (unpaired) electrons. The number of hydrogen-bond donors (Lipinski definition) is 1. The topological polar surface area (TPSA) is 54.5 Å². The zero-order valence-electron chi connectivity index (χ0n) is 12.4. The van der Waals surface area contributed by atoms with Gasteiger partial charge in [0.15, 0.2) is 0 Å². The zero-order chi connectivity index (χ0) is 14.6. The number of carbonyl (C=O) groups excluding carboxylic acids is 1. The molecule has 1 fully saturated rings. The molecule has 0 saturated carbocycles. The molecule has 110 valence electrons. The minimum atomic E-state index is -0.446. The maximum Gasteiger partial charge on any atom is 0.407 e. The Morgan fingerprint density at radius 1 is 1.55 bits per heavy atom. The van der Waals surface area contributed by atoms with E-state index in [4.69, 9.17) is 4.74 Å². The fourth-order valence-corrected chi connectivity index (χ4v) is 2.32. The van der Waals surface area contributed by atoms with E-state index in [9.17, 15) is 4.79 Å². The van der Waals surface area contributed by atoms with E-state index in [0.717, 1.165) is 26.1 Å². The summed E-state index contributed by atoms with van der Waals surface area (Å²) in [6.45, 7) is 8.33. The summed E-state index contributed by atoms with van der Waals surface area (Å²) < 4.78 is 5.27. The fraction of sp³-hybridized carbons (Fsp3) is 0.600. The number of ether oxygens (including phenoxy) is 1. The van der Waals surface area contributed by atoms with Gasteiger partial charge in [0.2, 0.25) is 0 Å². The highest BCUT2D eigenvalue weighted by atomic mass is 16.6. The number of aromatic nitrogens is 1. The van der Waals surface area contributed by atoms with Gasteiger partial charge in [0.25, 0.3) is 0 Å². The van der Waals surface area contributed by atoms with E-state index < -0.39 is 5.60 Å². The van der Waals surface area contributed by atoms with Gasteiger partial charge < -0.3 is 10.1 Å². The van der Waals surface area contributed by atoms with Gasteiger partial charge in [0.1, 0.15) is 5.60 Å². The lowest BCUT2D eigenvalue weighted by molar-refractivity contribution is 0.0506. The maximum absolute atomic E-state index is 11.7. The van der Waals surface area contributed by atoms with E-state index in [-0.39, 0.29) is 12.1 Å². The molecule has 5 heteroatoms. The van der Waals surface area contributed by atoms with Crippen LogP contribution in [-0.2, 0) is 11.3 Å². The Bertz CT molecular complexity index is 442. The maximum atomic E-state index is 11.7. The van der Waals surface area contributed by atoms with Crippen molar-refractivity contribution in [3.8, 4) is 0 Å². The SMILES string of the molecule is CC(C)(C)OC(=O)N[C@H]1CCN(Cc2cccnc2)C1. The Kier molecular flexibility index (Phi) is 4.60. The second-order valence-corrected chi connectivity index (χ2v) is 6.23. The molecule has 1 saturated heterocycles. The van der Waals surface area contributed by atoms with Crippen LogP contribution in [0.2, 0.25) is 0 Å². The second kappa shape index (κ2) is 6.22. The van der Waals surface area contributed by atoms with E-state index >= 15 is 0 Å². The average molecular weight is 277 g/mol. The summed E-state index contributed by atoms with van der Waals surface area (Å²) in [5, 5.41) is 2.93. The Labute approximate surface area is 120 Å². The van der Waals surface area contributed by atoms with Gasteiger partial charge in [-0.1, -0.05) is 6.07 Å². The first kappa shape index (κ1) is 14.8. The predicted molar refractivity (Wildman–Crippen MR) is 77.3 cm³/mol. The molecule has 1 aromatic heterocycles. The minimum absolute atomic E-state index is 0.168. The number of likely N-dealkylation sites (tertiary alicyclic amines) is 1. The van der Waals surface area contributed by atoms with Gasteiger partial charge in [0.05, 0.1) is 0 Å². The highest BCUT2D eigenvalue weighted by molar-refractivity contribution is 5.68. The molecular formula is C15H23N3O2. The molecule has 1 aliphatic heterocycles. The van der Waals surface area contributed by atoms with Crippen LogP contribution >= 0.6 is 0 Å². The molecule has 1 amide bonds. The summed E-state index contributed by atoms with van der Waals surface area (Å²) in [4.78, 5) is 18.2. The second-order valence-electron chi connectivity index (χ2n) is 6.23. The molecule has 1 atom stereocenters. The quantitative estimate of drug-likeness (QED) is 0.920. The Morgan fingerprint density at radius 2 is 2.35 bits per heavy atom. The van der Waals surface area contributed by atoms with Crippen molar-refractivity contribution >= 4 is 6.09 Å². The molecule has 1 aromatic rings. The molecule has 0 spiro atoms. The number of hydrogen-bond acceptors (Lipinski definition) is 4. The summed E-state index contributed by atoms with van der Waals surface area (Å²) in [5.74, 6) is 0. The fourth-order valence-electron chi connectivity index (χ4n) is 2.32. The highest BCUT2D eigenvalue weighted by Gasteiger charge is 2.25. The van der Waals surface area contributed by atoms with Crippen LogP contribution < -0.4 is 5.32 Å². The number of amides is 1. The van der Waals surface area contributed by atoms with E-state index in [0.29, 0.717) is 0 Å². The van der Waals surface area contributed by atoms with Crippen molar-refractivity contribution in [3.63, 3.8) is 0 Å². The van der Waals surface area contributed by atoms with Gasteiger partial charge >= 0.3 is 6.09 Å². The van der Waals surface area contributed by atoms with Crippen LogP contribution in [0, 0.1) is 0 Å². The third-order valence-electron chi connectivity index (χ3n) is 3.12. The van der Waals surface area contributed by atoms with E-state index in [2.05, 4.69) is 21.3 Å². The van der Waals surface area contributed by atoms with E-state index in [1.54, 1.807) is 6.20 Å². The lowest BCUT2D eigenvalue weighted by Gasteiger charge is -2.22.